The molecule has 1 atom stereocenters. The highest BCUT2D eigenvalue weighted by Crippen LogP contribution is 2.20. The van der Waals surface area contributed by atoms with Gasteiger partial charge in [0, 0.05) is 19.7 Å². The molecule has 0 amide bonds. The minimum Gasteiger partial charge on any atom is -0.396 e. The highest BCUT2D eigenvalue weighted by Gasteiger charge is 2.29. The minimum absolute atomic E-state index is 0.0211. The van der Waals surface area contributed by atoms with Gasteiger partial charge in [-0.25, -0.2) is 8.42 Å². The van der Waals surface area contributed by atoms with Crippen molar-refractivity contribution in [2.24, 2.45) is 0 Å². The third kappa shape index (κ3) is 3.38. The van der Waals surface area contributed by atoms with Gasteiger partial charge in [-0.3, -0.25) is 0 Å². The highest BCUT2D eigenvalue weighted by atomic mass is 32.2. The van der Waals surface area contributed by atoms with Gasteiger partial charge in [-0.1, -0.05) is 19.1 Å². The van der Waals surface area contributed by atoms with Gasteiger partial charge in [0.1, 0.15) is 0 Å². The molecule has 112 valence electrons. The van der Waals surface area contributed by atoms with E-state index in [2.05, 4.69) is 0 Å². The summed E-state index contributed by atoms with van der Waals surface area (Å²) in [5, 5.41) is 8.87. The first-order valence-electron chi connectivity index (χ1n) is 6.89. The number of aliphatic hydroxyl groups is 1. The second kappa shape index (κ2) is 6.67. The maximum atomic E-state index is 12.5. The van der Waals surface area contributed by atoms with Gasteiger partial charge in [0.25, 0.3) is 0 Å². The second-order valence-corrected chi connectivity index (χ2v) is 6.82. The Labute approximate surface area is 120 Å². The summed E-state index contributed by atoms with van der Waals surface area (Å²) in [6, 6.07) is 6.72. The van der Waals surface area contributed by atoms with Crippen LogP contribution in [0.2, 0.25) is 0 Å². The van der Waals surface area contributed by atoms with Crippen molar-refractivity contribution >= 4 is 10.0 Å². The Hall–Kier alpha value is -0.950. The smallest absolute Gasteiger partial charge is 0.243 e. The van der Waals surface area contributed by atoms with E-state index in [1.54, 1.807) is 24.3 Å². The van der Waals surface area contributed by atoms with E-state index in [4.69, 9.17) is 9.84 Å². The topological polar surface area (TPSA) is 66.8 Å². The van der Waals surface area contributed by atoms with Crippen molar-refractivity contribution in [2.75, 3.05) is 26.3 Å². The van der Waals surface area contributed by atoms with Crippen LogP contribution in [0.25, 0.3) is 0 Å². The standard InChI is InChI=1S/C14H21NO4S/c1-2-13-11-15(8-10-19-13)20(17,18)14-5-3-12(4-6-14)7-9-16/h3-6,13,16H,2,7-11H2,1H3. The molecule has 0 aromatic heterocycles. The van der Waals surface area contributed by atoms with Crippen molar-refractivity contribution < 1.29 is 18.3 Å². The molecule has 0 radical (unpaired) electrons. The molecule has 1 aromatic carbocycles. The monoisotopic (exact) mass is 299 g/mol. The minimum atomic E-state index is -3.45. The van der Waals surface area contributed by atoms with Crippen LogP contribution in [-0.4, -0.2) is 50.2 Å². The second-order valence-electron chi connectivity index (χ2n) is 4.88. The Morgan fingerprint density at radius 3 is 2.65 bits per heavy atom. The van der Waals surface area contributed by atoms with Crippen LogP contribution in [0.15, 0.2) is 29.2 Å². The van der Waals surface area contributed by atoms with Gasteiger partial charge in [0.05, 0.1) is 17.6 Å². The quantitative estimate of drug-likeness (QED) is 0.881. The maximum absolute atomic E-state index is 12.5. The summed E-state index contributed by atoms with van der Waals surface area (Å²) in [6.45, 7) is 3.31. The van der Waals surface area contributed by atoms with Crippen LogP contribution in [-0.2, 0) is 21.2 Å². The summed E-state index contributed by atoms with van der Waals surface area (Å²) in [4.78, 5) is 0.302. The van der Waals surface area contributed by atoms with Crippen LogP contribution in [0, 0.1) is 0 Å². The fourth-order valence-electron chi connectivity index (χ4n) is 2.26. The Kier molecular flexibility index (Phi) is 5.15. The van der Waals surface area contributed by atoms with Gasteiger partial charge in [-0.2, -0.15) is 4.31 Å². The molecule has 0 bridgehead atoms. The molecular formula is C14H21NO4S. The molecule has 20 heavy (non-hydrogen) atoms. The van der Waals surface area contributed by atoms with Crippen molar-refractivity contribution in [3.63, 3.8) is 0 Å². The molecule has 0 aliphatic carbocycles. The van der Waals surface area contributed by atoms with E-state index in [1.165, 1.54) is 4.31 Å². The predicted octanol–water partition coefficient (Wildman–Crippen LogP) is 1.02. The van der Waals surface area contributed by atoms with Crippen molar-refractivity contribution in [3.8, 4) is 0 Å². The molecule has 2 rings (SSSR count). The molecule has 1 saturated heterocycles. The third-order valence-electron chi connectivity index (χ3n) is 3.52. The summed E-state index contributed by atoms with van der Waals surface area (Å²) in [6.07, 6.45) is 1.32. The zero-order valence-electron chi connectivity index (χ0n) is 11.7. The van der Waals surface area contributed by atoms with Gasteiger partial charge in [0.15, 0.2) is 0 Å². The summed E-state index contributed by atoms with van der Waals surface area (Å²) >= 11 is 0. The van der Waals surface area contributed by atoms with Crippen LogP contribution in [0.3, 0.4) is 0 Å². The van der Waals surface area contributed by atoms with Crippen molar-refractivity contribution in [2.45, 2.75) is 30.8 Å². The van der Waals surface area contributed by atoms with Crippen LogP contribution in [0.4, 0.5) is 0 Å². The highest BCUT2D eigenvalue weighted by molar-refractivity contribution is 7.89. The molecule has 0 spiro atoms. The fourth-order valence-corrected chi connectivity index (χ4v) is 3.72. The lowest BCUT2D eigenvalue weighted by molar-refractivity contribution is -0.00277. The van der Waals surface area contributed by atoms with E-state index in [1.807, 2.05) is 6.92 Å². The SMILES string of the molecule is CCC1CN(S(=O)(=O)c2ccc(CCO)cc2)CCO1. The Balaban J connectivity index is 2.16. The largest absolute Gasteiger partial charge is 0.396 e. The average molecular weight is 299 g/mol. The first-order chi connectivity index (χ1) is 9.57. The van der Waals surface area contributed by atoms with Crippen LogP contribution < -0.4 is 0 Å². The first kappa shape index (κ1) is 15.4. The molecule has 1 unspecified atom stereocenters. The number of hydrogen-bond acceptors (Lipinski definition) is 4. The molecule has 6 heteroatoms. The van der Waals surface area contributed by atoms with E-state index in [0.717, 1.165) is 12.0 Å². The molecular weight excluding hydrogens is 278 g/mol. The average Bonchev–Trinajstić information content (AvgIpc) is 2.48. The zero-order valence-corrected chi connectivity index (χ0v) is 12.5. The van der Waals surface area contributed by atoms with Gasteiger partial charge < -0.3 is 9.84 Å². The molecule has 1 fully saturated rings. The molecule has 1 aliphatic rings. The van der Waals surface area contributed by atoms with E-state index in [-0.39, 0.29) is 12.7 Å². The maximum Gasteiger partial charge on any atom is 0.243 e. The van der Waals surface area contributed by atoms with E-state index < -0.39 is 10.0 Å². The Morgan fingerprint density at radius 1 is 1.35 bits per heavy atom. The van der Waals surface area contributed by atoms with Crippen molar-refractivity contribution in [1.29, 1.82) is 0 Å². The zero-order chi connectivity index (χ0) is 14.6. The fraction of sp³-hybridized carbons (Fsp3) is 0.571. The van der Waals surface area contributed by atoms with Gasteiger partial charge in [0.2, 0.25) is 10.0 Å². The number of benzene rings is 1. The molecule has 1 aliphatic heterocycles. The van der Waals surface area contributed by atoms with Crippen LogP contribution in [0.1, 0.15) is 18.9 Å². The summed E-state index contributed by atoms with van der Waals surface area (Å²) in [5.74, 6) is 0. The predicted molar refractivity (Wildman–Crippen MR) is 76.0 cm³/mol. The molecule has 0 saturated carbocycles. The normalized spacial score (nSPS) is 21.0. The Morgan fingerprint density at radius 2 is 2.05 bits per heavy atom. The lowest BCUT2D eigenvalue weighted by Gasteiger charge is -2.31. The van der Waals surface area contributed by atoms with E-state index in [0.29, 0.717) is 31.0 Å². The molecule has 1 N–H and O–H groups in total. The number of sulfonamides is 1. The Bertz CT molecular complexity index is 527. The van der Waals surface area contributed by atoms with Gasteiger partial charge in [-0.05, 0) is 30.5 Å². The number of morpholine rings is 1. The van der Waals surface area contributed by atoms with E-state index in [9.17, 15) is 8.42 Å². The van der Waals surface area contributed by atoms with Crippen molar-refractivity contribution in [1.82, 2.24) is 4.31 Å². The first-order valence-corrected chi connectivity index (χ1v) is 8.33. The summed E-state index contributed by atoms with van der Waals surface area (Å²) < 4.78 is 32.1. The van der Waals surface area contributed by atoms with Crippen LogP contribution in [0.5, 0.6) is 0 Å². The van der Waals surface area contributed by atoms with Crippen LogP contribution >= 0.6 is 0 Å². The number of rotatable bonds is 5. The lowest BCUT2D eigenvalue weighted by atomic mass is 10.2. The number of aliphatic hydroxyl groups excluding tert-OH is 1. The van der Waals surface area contributed by atoms with Crippen molar-refractivity contribution in [3.05, 3.63) is 29.8 Å². The molecule has 5 nitrogen and oxygen atoms in total. The lowest BCUT2D eigenvalue weighted by Crippen LogP contribution is -2.45. The molecule has 1 heterocycles. The van der Waals surface area contributed by atoms with Gasteiger partial charge >= 0.3 is 0 Å². The summed E-state index contributed by atoms with van der Waals surface area (Å²) in [7, 11) is -3.45. The molecule has 1 aromatic rings. The third-order valence-corrected chi connectivity index (χ3v) is 5.40. The summed E-state index contributed by atoms with van der Waals surface area (Å²) in [5.41, 5.74) is 0.930. The number of nitrogens with zero attached hydrogens (tertiary/aromatic N) is 1. The van der Waals surface area contributed by atoms with Gasteiger partial charge in [-0.15, -0.1) is 0 Å². The number of hydrogen-bond donors (Lipinski definition) is 1. The number of ether oxygens (including phenoxy) is 1. The van der Waals surface area contributed by atoms with E-state index >= 15 is 0 Å².